The molecule has 7 heteroatoms. The lowest BCUT2D eigenvalue weighted by molar-refractivity contribution is -0.384. The molecule has 0 aliphatic carbocycles. The molecule has 0 radical (unpaired) electrons. The third kappa shape index (κ3) is 3.14. The van der Waals surface area contributed by atoms with Gasteiger partial charge in [-0.3, -0.25) is 19.8 Å². The van der Waals surface area contributed by atoms with Crippen molar-refractivity contribution in [2.75, 3.05) is 25.5 Å². The van der Waals surface area contributed by atoms with Gasteiger partial charge in [0, 0.05) is 37.3 Å². The summed E-state index contributed by atoms with van der Waals surface area (Å²) < 4.78 is 0. The quantitative estimate of drug-likeness (QED) is 0.655. The maximum atomic E-state index is 12.5. The highest BCUT2D eigenvalue weighted by atomic mass is 16.6. The number of benzene rings is 1. The molecule has 7 nitrogen and oxygen atoms in total. The van der Waals surface area contributed by atoms with Crippen LogP contribution in [-0.4, -0.2) is 48.0 Å². The van der Waals surface area contributed by atoms with E-state index >= 15 is 0 Å². The smallest absolute Gasteiger partial charge is 0.293 e. The van der Waals surface area contributed by atoms with Crippen molar-refractivity contribution in [1.29, 1.82) is 0 Å². The van der Waals surface area contributed by atoms with Crippen LogP contribution in [0.2, 0.25) is 0 Å². The summed E-state index contributed by atoms with van der Waals surface area (Å²) in [6, 6.07) is 5.11. The van der Waals surface area contributed by atoms with E-state index in [1.807, 2.05) is 0 Å². The number of nitro groups is 1. The van der Waals surface area contributed by atoms with E-state index in [4.69, 9.17) is 0 Å². The molecule has 124 valence electrons. The average molecular weight is 318 g/mol. The first-order chi connectivity index (χ1) is 11.1. The topological polar surface area (TPSA) is 87.5 Å². The van der Waals surface area contributed by atoms with Crippen LogP contribution in [0.15, 0.2) is 18.2 Å². The number of nitro benzene ring substituents is 1. The molecule has 0 spiro atoms. The van der Waals surface area contributed by atoms with Crippen molar-refractivity contribution < 1.29 is 9.72 Å². The van der Waals surface area contributed by atoms with Crippen molar-refractivity contribution in [2.24, 2.45) is 0 Å². The number of carbonyl (C=O) groups excluding carboxylic acids is 1. The second-order valence-electron chi connectivity index (χ2n) is 6.21. The van der Waals surface area contributed by atoms with Crippen LogP contribution in [0.5, 0.6) is 0 Å². The molecule has 3 rings (SSSR count). The number of amides is 1. The van der Waals surface area contributed by atoms with E-state index in [9.17, 15) is 14.9 Å². The summed E-state index contributed by atoms with van der Waals surface area (Å²) in [5.74, 6) is -0.229. The predicted octanol–water partition coefficient (Wildman–Crippen LogP) is 1.99. The highest BCUT2D eigenvalue weighted by Crippen LogP contribution is 2.28. The molecule has 2 aliphatic heterocycles. The number of carbonyl (C=O) groups is 1. The number of rotatable bonds is 4. The third-order valence-corrected chi connectivity index (χ3v) is 4.90. The summed E-state index contributed by atoms with van der Waals surface area (Å²) in [4.78, 5) is 25.6. The molecule has 2 aliphatic rings. The van der Waals surface area contributed by atoms with Crippen LogP contribution in [0, 0.1) is 10.1 Å². The Morgan fingerprint density at radius 3 is 2.87 bits per heavy atom. The lowest BCUT2D eigenvalue weighted by atomic mass is 9.98. The fourth-order valence-corrected chi connectivity index (χ4v) is 3.70. The molecule has 2 heterocycles. The first-order valence-corrected chi connectivity index (χ1v) is 8.11. The van der Waals surface area contributed by atoms with E-state index < -0.39 is 4.92 Å². The van der Waals surface area contributed by atoms with E-state index in [0.717, 1.165) is 25.9 Å². The van der Waals surface area contributed by atoms with Gasteiger partial charge in [0.2, 0.25) is 0 Å². The molecule has 2 atom stereocenters. The molecule has 1 aromatic rings. The Hall–Kier alpha value is -2.15. The Labute approximate surface area is 135 Å². The summed E-state index contributed by atoms with van der Waals surface area (Å²) in [7, 11) is 1.62. The van der Waals surface area contributed by atoms with Gasteiger partial charge in [0.25, 0.3) is 11.6 Å². The van der Waals surface area contributed by atoms with Gasteiger partial charge in [-0.05, 0) is 37.9 Å². The second-order valence-corrected chi connectivity index (χ2v) is 6.21. The fraction of sp³-hybridized carbons (Fsp3) is 0.562. The van der Waals surface area contributed by atoms with Crippen molar-refractivity contribution in [3.05, 3.63) is 33.9 Å². The Bertz CT molecular complexity index is 619. The number of nitrogens with zero attached hydrogens (tertiary/aromatic N) is 2. The molecule has 0 unspecified atom stereocenters. The van der Waals surface area contributed by atoms with Gasteiger partial charge in [-0.25, -0.2) is 0 Å². The molecule has 23 heavy (non-hydrogen) atoms. The molecule has 2 N–H and O–H groups in total. The van der Waals surface area contributed by atoms with E-state index in [1.165, 1.54) is 18.9 Å². The maximum Gasteiger partial charge on any atom is 0.293 e. The van der Waals surface area contributed by atoms with E-state index in [2.05, 4.69) is 15.5 Å². The lowest BCUT2D eigenvalue weighted by Gasteiger charge is -2.32. The summed E-state index contributed by atoms with van der Waals surface area (Å²) >= 11 is 0. The summed E-state index contributed by atoms with van der Waals surface area (Å²) in [5.41, 5.74) is 0.668. The summed E-state index contributed by atoms with van der Waals surface area (Å²) in [5, 5.41) is 17.0. The predicted molar refractivity (Wildman–Crippen MR) is 87.7 cm³/mol. The largest absolute Gasteiger partial charge is 0.383 e. The fourth-order valence-electron chi connectivity index (χ4n) is 3.70. The standard InChI is InChI=1S/C16H22N4O3/c1-17-12-6-5-11(10-15(12)20(22)23)16(21)18-13-7-9-19-8-3-2-4-14(13)19/h5-6,10,13-14,17H,2-4,7-9H2,1H3,(H,18,21)/t13-,14+/m0/s1. The Morgan fingerprint density at radius 2 is 2.13 bits per heavy atom. The molecule has 2 saturated heterocycles. The minimum absolute atomic E-state index is 0.0779. The highest BCUT2D eigenvalue weighted by Gasteiger charge is 2.36. The minimum Gasteiger partial charge on any atom is -0.383 e. The lowest BCUT2D eigenvalue weighted by Crippen LogP contribution is -2.46. The van der Waals surface area contributed by atoms with Crippen molar-refractivity contribution in [1.82, 2.24) is 10.2 Å². The number of hydrogen-bond acceptors (Lipinski definition) is 5. The number of anilines is 1. The second kappa shape index (κ2) is 6.54. The molecular formula is C16H22N4O3. The molecule has 0 saturated carbocycles. The van der Waals surface area contributed by atoms with Gasteiger partial charge in [0.1, 0.15) is 5.69 Å². The van der Waals surface area contributed by atoms with Gasteiger partial charge < -0.3 is 10.6 Å². The molecule has 1 amide bonds. The highest BCUT2D eigenvalue weighted by molar-refractivity contribution is 5.96. The zero-order chi connectivity index (χ0) is 16.4. The minimum atomic E-state index is -0.471. The third-order valence-electron chi connectivity index (χ3n) is 4.90. The number of nitrogens with one attached hydrogen (secondary N) is 2. The zero-order valence-electron chi connectivity index (χ0n) is 13.2. The number of hydrogen-bond donors (Lipinski definition) is 2. The van der Waals surface area contributed by atoms with Crippen LogP contribution in [0.1, 0.15) is 36.0 Å². The molecule has 1 aromatic carbocycles. The van der Waals surface area contributed by atoms with Gasteiger partial charge in [-0.15, -0.1) is 0 Å². The van der Waals surface area contributed by atoms with Crippen molar-refractivity contribution in [2.45, 2.75) is 37.8 Å². The Kier molecular flexibility index (Phi) is 4.47. The first kappa shape index (κ1) is 15.7. The first-order valence-electron chi connectivity index (χ1n) is 8.11. The zero-order valence-corrected chi connectivity index (χ0v) is 13.2. The Morgan fingerprint density at radius 1 is 1.30 bits per heavy atom. The summed E-state index contributed by atoms with van der Waals surface area (Å²) in [6.45, 7) is 2.13. The van der Waals surface area contributed by atoms with Crippen LogP contribution in [-0.2, 0) is 0 Å². The van der Waals surface area contributed by atoms with Crippen LogP contribution < -0.4 is 10.6 Å². The van der Waals surface area contributed by atoms with Crippen molar-refractivity contribution in [3.8, 4) is 0 Å². The van der Waals surface area contributed by atoms with Crippen LogP contribution in [0.4, 0.5) is 11.4 Å². The monoisotopic (exact) mass is 318 g/mol. The van der Waals surface area contributed by atoms with Crippen LogP contribution in [0.3, 0.4) is 0 Å². The molecule has 0 aromatic heterocycles. The Balaban J connectivity index is 1.73. The number of fused-ring (bicyclic) bond motifs is 1. The van der Waals surface area contributed by atoms with E-state index in [-0.39, 0.29) is 17.6 Å². The van der Waals surface area contributed by atoms with Gasteiger partial charge in [-0.1, -0.05) is 6.42 Å². The number of piperidine rings is 1. The van der Waals surface area contributed by atoms with Gasteiger partial charge in [-0.2, -0.15) is 0 Å². The van der Waals surface area contributed by atoms with Crippen LogP contribution in [0.25, 0.3) is 0 Å². The van der Waals surface area contributed by atoms with Crippen LogP contribution >= 0.6 is 0 Å². The van der Waals surface area contributed by atoms with E-state index in [1.54, 1.807) is 19.2 Å². The van der Waals surface area contributed by atoms with E-state index in [0.29, 0.717) is 17.3 Å². The maximum absolute atomic E-state index is 12.5. The van der Waals surface area contributed by atoms with Gasteiger partial charge in [0.05, 0.1) is 4.92 Å². The van der Waals surface area contributed by atoms with Crippen molar-refractivity contribution in [3.63, 3.8) is 0 Å². The van der Waals surface area contributed by atoms with Gasteiger partial charge in [0.15, 0.2) is 0 Å². The molecular weight excluding hydrogens is 296 g/mol. The normalized spacial score (nSPS) is 24.0. The SMILES string of the molecule is CNc1ccc(C(=O)N[C@H]2CCN3CCCC[C@H]23)cc1[N+](=O)[O-]. The average Bonchev–Trinajstić information content (AvgIpc) is 2.97. The molecule has 0 bridgehead atoms. The molecule has 2 fully saturated rings. The van der Waals surface area contributed by atoms with Gasteiger partial charge >= 0.3 is 0 Å². The van der Waals surface area contributed by atoms with Crippen molar-refractivity contribution >= 4 is 17.3 Å². The summed E-state index contributed by atoms with van der Waals surface area (Å²) in [6.07, 6.45) is 4.50.